The molecule has 1 aromatic rings. The molecule has 1 aliphatic rings. The molecule has 0 aliphatic carbocycles. The molecule has 1 heterocycles. The lowest BCUT2D eigenvalue weighted by atomic mass is 9.99. The van der Waals surface area contributed by atoms with Gasteiger partial charge in [0.2, 0.25) is 5.91 Å². The standard InChI is InChI=1S/C18H29N3O/c1-3-11-21(13-16-8-6-10-19-12-16)14-18(22)20-17-9-5-4-7-15(17)2/h4-5,7,9,16,19H,3,6,8,10-14H2,1-2H3,(H,20,22). The van der Waals surface area contributed by atoms with Crippen molar-refractivity contribution in [2.24, 2.45) is 5.92 Å². The minimum absolute atomic E-state index is 0.0894. The number of nitrogens with zero attached hydrogens (tertiary/aromatic N) is 1. The van der Waals surface area contributed by atoms with Gasteiger partial charge in [-0.2, -0.15) is 0 Å². The fraction of sp³-hybridized carbons (Fsp3) is 0.611. The Labute approximate surface area is 134 Å². The Hall–Kier alpha value is -1.39. The maximum atomic E-state index is 12.3. The van der Waals surface area contributed by atoms with Crippen LogP contribution in [0.15, 0.2) is 24.3 Å². The first-order valence-corrected chi connectivity index (χ1v) is 8.47. The molecular weight excluding hydrogens is 274 g/mol. The summed E-state index contributed by atoms with van der Waals surface area (Å²) in [6.07, 6.45) is 3.60. The summed E-state index contributed by atoms with van der Waals surface area (Å²) in [5.74, 6) is 0.762. The number of aryl methyl sites for hydroxylation is 1. The molecule has 1 aromatic carbocycles. The molecule has 1 saturated heterocycles. The Balaban J connectivity index is 1.86. The van der Waals surface area contributed by atoms with Crippen LogP contribution in [0, 0.1) is 12.8 Å². The van der Waals surface area contributed by atoms with Gasteiger partial charge in [-0.05, 0) is 63.4 Å². The van der Waals surface area contributed by atoms with Crippen LogP contribution in [0.25, 0.3) is 0 Å². The molecule has 0 radical (unpaired) electrons. The average Bonchev–Trinajstić information content (AvgIpc) is 2.51. The molecule has 22 heavy (non-hydrogen) atoms. The first kappa shape index (κ1) is 17.0. The van der Waals surface area contributed by atoms with Crippen molar-refractivity contribution in [2.45, 2.75) is 33.1 Å². The van der Waals surface area contributed by atoms with Crippen molar-refractivity contribution in [3.05, 3.63) is 29.8 Å². The lowest BCUT2D eigenvalue weighted by Gasteiger charge is -2.29. The normalized spacial score (nSPS) is 18.4. The molecule has 2 rings (SSSR count). The maximum Gasteiger partial charge on any atom is 0.238 e. The zero-order chi connectivity index (χ0) is 15.8. The van der Waals surface area contributed by atoms with Crippen LogP contribution in [0.4, 0.5) is 5.69 Å². The van der Waals surface area contributed by atoms with E-state index in [1.54, 1.807) is 0 Å². The quantitative estimate of drug-likeness (QED) is 0.814. The molecule has 2 N–H and O–H groups in total. The van der Waals surface area contributed by atoms with Gasteiger partial charge in [-0.25, -0.2) is 0 Å². The van der Waals surface area contributed by atoms with Gasteiger partial charge < -0.3 is 10.6 Å². The number of para-hydroxylation sites is 1. The van der Waals surface area contributed by atoms with Gasteiger partial charge in [0.15, 0.2) is 0 Å². The van der Waals surface area contributed by atoms with Crippen LogP contribution in [0.1, 0.15) is 31.7 Å². The SMILES string of the molecule is CCCN(CC(=O)Nc1ccccc1C)CC1CCCNC1. The second kappa shape index (κ2) is 8.91. The van der Waals surface area contributed by atoms with Crippen LogP contribution in [0.2, 0.25) is 0 Å². The smallest absolute Gasteiger partial charge is 0.238 e. The van der Waals surface area contributed by atoms with E-state index >= 15 is 0 Å². The van der Waals surface area contributed by atoms with Crippen molar-refractivity contribution in [1.29, 1.82) is 0 Å². The fourth-order valence-electron chi connectivity index (χ4n) is 3.10. The summed E-state index contributed by atoms with van der Waals surface area (Å²) in [7, 11) is 0. The number of benzene rings is 1. The fourth-order valence-corrected chi connectivity index (χ4v) is 3.10. The molecule has 1 fully saturated rings. The van der Waals surface area contributed by atoms with E-state index in [0.29, 0.717) is 12.5 Å². The first-order valence-electron chi connectivity index (χ1n) is 8.47. The largest absolute Gasteiger partial charge is 0.325 e. The van der Waals surface area contributed by atoms with Crippen molar-refractivity contribution in [2.75, 3.05) is 38.0 Å². The maximum absolute atomic E-state index is 12.3. The minimum atomic E-state index is 0.0894. The third-order valence-electron chi connectivity index (χ3n) is 4.24. The van der Waals surface area contributed by atoms with E-state index in [2.05, 4.69) is 22.5 Å². The van der Waals surface area contributed by atoms with Crippen LogP contribution in [-0.4, -0.2) is 43.5 Å². The number of anilines is 1. The predicted molar refractivity (Wildman–Crippen MR) is 92.1 cm³/mol. The highest BCUT2D eigenvalue weighted by Crippen LogP contribution is 2.14. The number of carbonyl (C=O) groups is 1. The van der Waals surface area contributed by atoms with Gasteiger partial charge >= 0.3 is 0 Å². The summed E-state index contributed by atoms with van der Waals surface area (Å²) < 4.78 is 0. The highest BCUT2D eigenvalue weighted by atomic mass is 16.2. The summed E-state index contributed by atoms with van der Waals surface area (Å²) in [6, 6.07) is 7.93. The number of nitrogens with one attached hydrogen (secondary N) is 2. The van der Waals surface area contributed by atoms with Crippen LogP contribution in [0.3, 0.4) is 0 Å². The topological polar surface area (TPSA) is 44.4 Å². The first-order chi connectivity index (χ1) is 10.7. The molecule has 0 saturated carbocycles. The number of piperidine rings is 1. The minimum Gasteiger partial charge on any atom is -0.325 e. The third kappa shape index (κ3) is 5.43. The Morgan fingerprint density at radius 1 is 1.41 bits per heavy atom. The lowest BCUT2D eigenvalue weighted by Crippen LogP contribution is -2.41. The van der Waals surface area contributed by atoms with Gasteiger partial charge in [-0.15, -0.1) is 0 Å². The van der Waals surface area contributed by atoms with Crippen molar-refractivity contribution >= 4 is 11.6 Å². The van der Waals surface area contributed by atoms with E-state index in [1.807, 2.05) is 31.2 Å². The second-order valence-corrected chi connectivity index (χ2v) is 6.31. The average molecular weight is 303 g/mol. The van der Waals surface area contributed by atoms with Gasteiger partial charge in [0.25, 0.3) is 0 Å². The highest BCUT2D eigenvalue weighted by Gasteiger charge is 2.18. The van der Waals surface area contributed by atoms with E-state index in [4.69, 9.17) is 0 Å². The van der Waals surface area contributed by atoms with Gasteiger partial charge in [0.05, 0.1) is 6.54 Å². The van der Waals surface area contributed by atoms with Gasteiger partial charge in [0, 0.05) is 12.2 Å². The van der Waals surface area contributed by atoms with Crippen LogP contribution in [-0.2, 0) is 4.79 Å². The number of hydrogen-bond donors (Lipinski definition) is 2. The van der Waals surface area contributed by atoms with E-state index in [9.17, 15) is 4.79 Å². The molecule has 4 heteroatoms. The molecule has 1 amide bonds. The van der Waals surface area contributed by atoms with E-state index in [0.717, 1.165) is 43.9 Å². The zero-order valence-corrected chi connectivity index (χ0v) is 13.9. The van der Waals surface area contributed by atoms with Gasteiger partial charge in [0.1, 0.15) is 0 Å². The van der Waals surface area contributed by atoms with Crippen LogP contribution < -0.4 is 10.6 Å². The summed E-state index contributed by atoms with van der Waals surface area (Å²) in [6.45, 7) is 8.90. The molecule has 0 aromatic heterocycles. The molecule has 122 valence electrons. The molecular formula is C18H29N3O. The molecule has 0 spiro atoms. The van der Waals surface area contributed by atoms with Gasteiger partial charge in [-0.3, -0.25) is 9.69 Å². The molecule has 1 unspecified atom stereocenters. The van der Waals surface area contributed by atoms with Crippen molar-refractivity contribution in [3.8, 4) is 0 Å². The van der Waals surface area contributed by atoms with Crippen molar-refractivity contribution in [1.82, 2.24) is 10.2 Å². The summed E-state index contributed by atoms with van der Waals surface area (Å²) in [5.41, 5.74) is 2.03. The van der Waals surface area contributed by atoms with E-state index in [-0.39, 0.29) is 5.91 Å². The molecule has 1 atom stereocenters. The van der Waals surface area contributed by atoms with E-state index in [1.165, 1.54) is 12.8 Å². The Kier molecular flexibility index (Phi) is 6.87. The lowest BCUT2D eigenvalue weighted by molar-refractivity contribution is -0.117. The summed E-state index contributed by atoms with van der Waals surface area (Å²) in [5, 5.41) is 6.50. The van der Waals surface area contributed by atoms with Crippen LogP contribution >= 0.6 is 0 Å². The summed E-state index contributed by atoms with van der Waals surface area (Å²) in [4.78, 5) is 14.6. The Morgan fingerprint density at radius 3 is 2.91 bits per heavy atom. The Morgan fingerprint density at radius 2 is 2.23 bits per heavy atom. The summed E-state index contributed by atoms with van der Waals surface area (Å²) >= 11 is 0. The molecule has 0 bridgehead atoms. The number of hydrogen-bond acceptors (Lipinski definition) is 3. The highest BCUT2D eigenvalue weighted by molar-refractivity contribution is 5.92. The van der Waals surface area contributed by atoms with Crippen molar-refractivity contribution < 1.29 is 4.79 Å². The molecule has 4 nitrogen and oxygen atoms in total. The second-order valence-electron chi connectivity index (χ2n) is 6.31. The van der Waals surface area contributed by atoms with E-state index < -0.39 is 0 Å². The van der Waals surface area contributed by atoms with Crippen LogP contribution in [0.5, 0.6) is 0 Å². The zero-order valence-electron chi connectivity index (χ0n) is 13.9. The third-order valence-corrected chi connectivity index (χ3v) is 4.24. The number of amides is 1. The predicted octanol–water partition coefficient (Wildman–Crippen LogP) is 2.65. The van der Waals surface area contributed by atoms with Gasteiger partial charge in [-0.1, -0.05) is 25.1 Å². The van der Waals surface area contributed by atoms with Crippen molar-refractivity contribution in [3.63, 3.8) is 0 Å². The monoisotopic (exact) mass is 303 g/mol. The Bertz CT molecular complexity index is 469. The number of carbonyl (C=O) groups excluding carboxylic acids is 1. The number of rotatable bonds is 7. The molecule has 1 aliphatic heterocycles.